The van der Waals surface area contributed by atoms with Crippen LogP contribution in [-0.2, 0) is 6.54 Å². The minimum absolute atomic E-state index is 0.333. The Morgan fingerprint density at radius 1 is 1.15 bits per heavy atom. The highest BCUT2D eigenvalue weighted by Crippen LogP contribution is 2.30. The molecule has 0 unspecified atom stereocenters. The summed E-state index contributed by atoms with van der Waals surface area (Å²) >= 11 is 1.95. The van der Waals surface area contributed by atoms with Gasteiger partial charge in [0.15, 0.2) is 0 Å². The predicted octanol–water partition coefficient (Wildman–Crippen LogP) is 3.72. The number of nitrogens with one attached hydrogen (secondary N) is 1. The Morgan fingerprint density at radius 3 is 2.35 bits per heavy atom. The summed E-state index contributed by atoms with van der Waals surface area (Å²) in [6.45, 7) is 6.34. The van der Waals surface area contributed by atoms with Crippen LogP contribution in [0.25, 0.3) is 0 Å². The lowest BCUT2D eigenvalue weighted by molar-refractivity contribution is 0.389. The lowest BCUT2D eigenvalue weighted by atomic mass is 10.0. The zero-order chi connectivity index (χ0) is 15.0. The van der Waals surface area contributed by atoms with Crippen LogP contribution < -0.4 is 14.8 Å². The molecule has 0 amide bonds. The molecule has 0 saturated carbocycles. The first-order valence-electron chi connectivity index (χ1n) is 7.11. The van der Waals surface area contributed by atoms with Crippen LogP contribution in [0.3, 0.4) is 0 Å². The summed E-state index contributed by atoms with van der Waals surface area (Å²) in [7, 11) is 3.37. The molecule has 0 saturated heterocycles. The van der Waals surface area contributed by atoms with Crippen molar-refractivity contribution >= 4 is 11.8 Å². The molecule has 1 aromatic rings. The molecule has 0 bridgehead atoms. The van der Waals surface area contributed by atoms with Gasteiger partial charge in [-0.15, -0.1) is 0 Å². The Kier molecular flexibility index (Phi) is 7.24. The molecule has 0 radical (unpaired) electrons. The van der Waals surface area contributed by atoms with Gasteiger partial charge in [0.25, 0.3) is 0 Å². The molecule has 1 rings (SSSR count). The van der Waals surface area contributed by atoms with Crippen molar-refractivity contribution in [2.24, 2.45) is 0 Å². The third-order valence-corrected chi connectivity index (χ3v) is 5.57. The average molecular weight is 297 g/mol. The van der Waals surface area contributed by atoms with E-state index >= 15 is 0 Å². The summed E-state index contributed by atoms with van der Waals surface area (Å²) in [4.78, 5) is 0. The normalized spacial score (nSPS) is 11.4. The molecular weight excluding hydrogens is 270 g/mol. The Hall–Kier alpha value is -0.870. The molecule has 0 aliphatic carbocycles. The quantitative estimate of drug-likeness (QED) is 0.752. The second-order valence-electron chi connectivity index (χ2n) is 4.88. The second-order valence-corrected chi connectivity index (χ2v) is 6.15. The number of benzene rings is 1. The molecule has 114 valence electrons. The van der Waals surface area contributed by atoms with E-state index in [1.54, 1.807) is 14.2 Å². The zero-order valence-electron chi connectivity index (χ0n) is 13.3. The van der Waals surface area contributed by atoms with Gasteiger partial charge in [-0.05, 0) is 25.2 Å². The van der Waals surface area contributed by atoms with Gasteiger partial charge in [0, 0.05) is 29.5 Å². The van der Waals surface area contributed by atoms with Crippen LogP contribution in [0.2, 0.25) is 0 Å². The van der Waals surface area contributed by atoms with E-state index in [0.29, 0.717) is 4.75 Å². The minimum Gasteiger partial charge on any atom is -0.497 e. The molecule has 3 nitrogen and oxygen atoms in total. The van der Waals surface area contributed by atoms with Crippen molar-refractivity contribution in [2.45, 2.75) is 38.0 Å². The van der Waals surface area contributed by atoms with E-state index in [4.69, 9.17) is 9.47 Å². The lowest BCUT2D eigenvalue weighted by Gasteiger charge is -2.30. The number of hydrogen-bond donors (Lipinski definition) is 1. The van der Waals surface area contributed by atoms with Crippen LogP contribution >= 0.6 is 11.8 Å². The van der Waals surface area contributed by atoms with Crippen LogP contribution in [0.4, 0.5) is 0 Å². The first kappa shape index (κ1) is 17.2. The molecule has 0 aliphatic rings. The van der Waals surface area contributed by atoms with Crippen molar-refractivity contribution in [1.82, 2.24) is 5.32 Å². The Bertz CT molecular complexity index is 397. The minimum atomic E-state index is 0.333. The summed E-state index contributed by atoms with van der Waals surface area (Å²) in [5.41, 5.74) is 1.16. The van der Waals surface area contributed by atoms with E-state index in [-0.39, 0.29) is 0 Å². The summed E-state index contributed by atoms with van der Waals surface area (Å²) in [6, 6.07) is 5.96. The van der Waals surface area contributed by atoms with E-state index < -0.39 is 0 Å². The molecule has 0 spiro atoms. The van der Waals surface area contributed by atoms with Gasteiger partial charge in [-0.2, -0.15) is 11.8 Å². The van der Waals surface area contributed by atoms with Crippen molar-refractivity contribution in [1.29, 1.82) is 0 Å². The fourth-order valence-electron chi connectivity index (χ4n) is 2.28. The van der Waals surface area contributed by atoms with Gasteiger partial charge in [0.1, 0.15) is 11.5 Å². The molecule has 4 heteroatoms. The molecule has 0 aliphatic heterocycles. The van der Waals surface area contributed by atoms with Crippen LogP contribution in [0.1, 0.15) is 32.3 Å². The third kappa shape index (κ3) is 4.32. The third-order valence-electron chi connectivity index (χ3n) is 3.98. The smallest absolute Gasteiger partial charge is 0.127 e. The molecule has 0 aromatic heterocycles. The fourth-order valence-corrected chi connectivity index (χ4v) is 3.11. The van der Waals surface area contributed by atoms with E-state index in [9.17, 15) is 0 Å². The Balaban J connectivity index is 2.66. The highest BCUT2D eigenvalue weighted by atomic mass is 32.2. The number of hydrogen-bond acceptors (Lipinski definition) is 4. The highest BCUT2D eigenvalue weighted by Gasteiger charge is 2.24. The number of ether oxygens (including phenoxy) is 2. The largest absolute Gasteiger partial charge is 0.497 e. The standard InChI is InChI=1S/C16H27NO2S/c1-6-16(7-2,20-5)12-17-11-13-8-9-14(18-3)10-15(13)19-4/h8-10,17H,6-7,11-12H2,1-5H3. The maximum absolute atomic E-state index is 5.42. The van der Waals surface area contributed by atoms with Crippen molar-refractivity contribution in [3.63, 3.8) is 0 Å². The molecule has 0 fully saturated rings. The Morgan fingerprint density at radius 2 is 1.85 bits per heavy atom. The van der Waals surface area contributed by atoms with Gasteiger partial charge in [-0.3, -0.25) is 0 Å². The molecular formula is C16H27NO2S. The maximum atomic E-state index is 5.42. The van der Waals surface area contributed by atoms with Gasteiger partial charge < -0.3 is 14.8 Å². The van der Waals surface area contributed by atoms with E-state index in [2.05, 4.69) is 31.5 Å². The number of methoxy groups -OCH3 is 2. The van der Waals surface area contributed by atoms with Crippen molar-refractivity contribution in [3.05, 3.63) is 23.8 Å². The molecule has 0 heterocycles. The van der Waals surface area contributed by atoms with Crippen molar-refractivity contribution < 1.29 is 9.47 Å². The first-order valence-corrected chi connectivity index (χ1v) is 8.34. The van der Waals surface area contributed by atoms with Crippen LogP contribution in [0.15, 0.2) is 18.2 Å². The first-order chi connectivity index (χ1) is 9.64. The van der Waals surface area contributed by atoms with E-state index in [1.165, 1.54) is 12.8 Å². The summed E-state index contributed by atoms with van der Waals surface area (Å²) in [5, 5.41) is 3.57. The lowest BCUT2D eigenvalue weighted by Crippen LogP contribution is -2.36. The molecule has 20 heavy (non-hydrogen) atoms. The van der Waals surface area contributed by atoms with Crippen LogP contribution in [0, 0.1) is 0 Å². The maximum Gasteiger partial charge on any atom is 0.127 e. The van der Waals surface area contributed by atoms with Gasteiger partial charge in [0.05, 0.1) is 14.2 Å². The average Bonchev–Trinajstić information content (AvgIpc) is 2.52. The second kappa shape index (κ2) is 8.42. The summed E-state index contributed by atoms with van der Waals surface area (Å²) in [5.74, 6) is 1.70. The molecule has 1 aromatic carbocycles. The Labute approximate surface area is 127 Å². The van der Waals surface area contributed by atoms with Gasteiger partial charge in [-0.25, -0.2) is 0 Å². The van der Waals surface area contributed by atoms with E-state index in [1.807, 2.05) is 23.9 Å². The zero-order valence-corrected chi connectivity index (χ0v) is 14.1. The van der Waals surface area contributed by atoms with Gasteiger partial charge in [-0.1, -0.05) is 19.9 Å². The SMILES string of the molecule is CCC(CC)(CNCc1ccc(OC)cc1OC)SC. The molecule has 0 atom stereocenters. The fraction of sp³-hybridized carbons (Fsp3) is 0.625. The topological polar surface area (TPSA) is 30.5 Å². The summed E-state index contributed by atoms with van der Waals surface area (Å²) < 4.78 is 11.0. The van der Waals surface area contributed by atoms with Gasteiger partial charge >= 0.3 is 0 Å². The van der Waals surface area contributed by atoms with Crippen LogP contribution in [0.5, 0.6) is 11.5 Å². The van der Waals surface area contributed by atoms with Gasteiger partial charge in [0.2, 0.25) is 0 Å². The van der Waals surface area contributed by atoms with E-state index in [0.717, 1.165) is 30.2 Å². The monoisotopic (exact) mass is 297 g/mol. The highest BCUT2D eigenvalue weighted by molar-refractivity contribution is 8.00. The number of thioether (sulfide) groups is 1. The molecule has 1 N–H and O–H groups in total. The van der Waals surface area contributed by atoms with Crippen molar-refractivity contribution in [2.75, 3.05) is 27.0 Å². The summed E-state index contributed by atoms with van der Waals surface area (Å²) in [6.07, 6.45) is 4.55. The predicted molar refractivity (Wildman–Crippen MR) is 88.1 cm³/mol. The van der Waals surface area contributed by atoms with Crippen LogP contribution in [-0.4, -0.2) is 31.8 Å². The number of rotatable bonds is 9. The van der Waals surface area contributed by atoms with Crippen molar-refractivity contribution in [3.8, 4) is 11.5 Å².